The topological polar surface area (TPSA) is 88.2 Å². The molecule has 1 saturated heterocycles. The highest BCUT2D eigenvalue weighted by molar-refractivity contribution is 5.98. The second kappa shape index (κ2) is 9.88. The first-order valence-corrected chi connectivity index (χ1v) is 8.54. The molecule has 142 valence electrons. The first-order valence-electron chi connectivity index (χ1n) is 8.54. The summed E-state index contributed by atoms with van der Waals surface area (Å²) >= 11 is 0. The molecule has 0 radical (unpaired) electrons. The molecule has 2 amide bonds. The fraction of sp³-hybridized carbons (Fsp3) is 0.500. The first kappa shape index (κ1) is 19.9. The Kier molecular flexibility index (Phi) is 7.55. The van der Waals surface area contributed by atoms with Crippen LogP contribution in [-0.4, -0.2) is 75.7 Å². The number of anilines is 1. The summed E-state index contributed by atoms with van der Waals surface area (Å²) < 4.78 is 9.93. The number of benzene rings is 1. The van der Waals surface area contributed by atoms with Crippen LogP contribution in [0.5, 0.6) is 0 Å². The predicted octanol–water partition coefficient (Wildman–Crippen LogP) is 0.275. The first-order chi connectivity index (χ1) is 12.5. The Balaban J connectivity index is 1.87. The number of hydrogen-bond donors (Lipinski definition) is 1. The van der Waals surface area contributed by atoms with Crippen molar-refractivity contribution in [1.82, 2.24) is 10.2 Å². The molecule has 0 atom stereocenters. The van der Waals surface area contributed by atoms with Crippen LogP contribution in [0, 0.1) is 0 Å². The Bertz CT molecular complexity index is 626. The van der Waals surface area contributed by atoms with Gasteiger partial charge in [0.15, 0.2) is 0 Å². The lowest BCUT2D eigenvalue weighted by Crippen LogP contribution is -2.44. The van der Waals surface area contributed by atoms with E-state index < -0.39 is 5.97 Å². The molecule has 2 rings (SSSR count). The van der Waals surface area contributed by atoms with Crippen molar-refractivity contribution >= 4 is 23.5 Å². The average Bonchev–Trinajstić information content (AvgIpc) is 2.66. The van der Waals surface area contributed by atoms with Crippen LogP contribution in [0.15, 0.2) is 24.3 Å². The molecule has 0 spiro atoms. The zero-order chi connectivity index (χ0) is 18.9. The molecule has 1 aromatic rings. The van der Waals surface area contributed by atoms with Gasteiger partial charge < -0.3 is 19.7 Å². The lowest BCUT2D eigenvalue weighted by Gasteiger charge is -2.26. The number of nitrogens with zero attached hydrogens (tertiary/aromatic N) is 2. The number of rotatable bonds is 7. The fourth-order valence-corrected chi connectivity index (χ4v) is 2.66. The smallest absolute Gasteiger partial charge is 0.337 e. The van der Waals surface area contributed by atoms with Crippen molar-refractivity contribution in [2.75, 3.05) is 57.9 Å². The van der Waals surface area contributed by atoms with Crippen LogP contribution >= 0.6 is 0 Å². The molecule has 1 N–H and O–H groups in total. The van der Waals surface area contributed by atoms with Gasteiger partial charge in [0.25, 0.3) is 0 Å². The summed E-state index contributed by atoms with van der Waals surface area (Å²) in [5.74, 6) is -0.934. The Morgan fingerprint density at radius 2 is 1.85 bits per heavy atom. The number of amides is 2. The minimum Gasteiger partial charge on any atom is -0.465 e. The van der Waals surface area contributed by atoms with Gasteiger partial charge in [0, 0.05) is 38.8 Å². The SMILES string of the molecule is COC(=O)c1ccc(N(CC(=O)NCCN2CCOCC2)C(C)=O)cc1. The summed E-state index contributed by atoms with van der Waals surface area (Å²) in [5, 5.41) is 2.83. The van der Waals surface area contributed by atoms with E-state index in [1.807, 2.05) is 0 Å². The largest absolute Gasteiger partial charge is 0.465 e. The fourth-order valence-electron chi connectivity index (χ4n) is 2.66. The van der Waals surface area contributed by atoms with Crippen LogP contribution in [0.2, 0.25) is 0 Å². The third-order valence-corrected chi connectivity index (χ3v) is 4.14. The lowest BCUT2D eigenvalue weighted by atomic mass is 10.2. The van der Waals surface area contributed by atoms with E-state index in [0.717, 1.165) is 19.6 Å². The summed E-state index contributed by atoms with van der Waals surface area (Å²) in [6.45, 7) is 5.76. The zero-order valence-electron chi connectivity index (χ0n) is 15.2. The Labute approximate surface area is 153 Å². The highest BCUT2D eigenvalue weighted by atomic mass is 16.5. The van der Waals surface area contributed by atoms with E-state index in [-0.39, 0.29) is 18.4 Å². The molecule has 26 heavy (non-hydrogen) atoms. The highest BCUT2D eigenvalue weighted by Crippen LogP contribution is 2.16. The minimum atomic E-state index is -0.452. The molecule has 0 aromatic heterocycles. The van der Waals surface area contributed by atoms with E-state index in [4.69, 9.17) is 4.74 Å². The van der Waals surface area contributed by atoms with Crippen LogP contribution in [0.25, 0.3) is 0 Å². The summed E-state index contributed by atoms with van der Waals surface area (Å²) in [5.41, 5.74) is 0.934. The third-order valence-electron chi connectivity index (χ3n) is 4.14. The summed E-state index contributed by atoms with van der Waals surface area (Å²) in [6.07, 6.45) is 0. The van der Waals surface area contributed by atoms with Crippen molar-refractivity contribution in [2.45, 2.75) is 6.92 Å². The van der Waals surface area contributed by atoms with Gasteiger partial charge in [-0.3, -0.25) is 14.5 Å². The molecular weight excluding hydrogens is 338 g/mol. The zero-order valence-corrected chi connectivity index (χ0v) is 15.2. The van der Waals surface area contributed by atoms with Crippen molar-refractivity contribution < 1.29 is 23.9 Å². The Morgan fingerprint density at radius 1 is 1.19 bits per heavy atom. The molecule has 1 fully saturated rings. The standard InChI is InChI=1S/C18H25N3O5/c1-14(22)21(16-5-3-15(4-6-16)18(24)25-2)13-17(23)19-7-8-20-9-11-26-12-10-20/h3-6H,7-13H2,1-2H3,(H,19,23). The van der Waals surface area contributed by atoms with Crippen molar-refractivity contribution in [3.05, 3.63) is 29.8 Å². The van der Waals surface area contributed by atoms with Crippen LogP contribution in [0.1, 0.15) is 17.3 Å². The molecule has 0 aliphatic carbocycles. The summed E-state index contributed by atoms with van der Waals surface area (Å²) in [4.78, 5) is 39.1. The van der Waals surface area contributed by atoms with E-state index in [1.165, 1.54) is 18.9 Å². The minimum absolute atomic E-state index is 0.0734. The van der Waals surface area contributed by atoms with E-state index in [9.17, 15) is 14.4 Å². The van der Waals surface area contributed by atoms with Gasteiger partial charge in [-0.05, 0) is 24.3 Å². The number of ether oxygens (including phenoxy) is 2. The van der Waals surface area contributed by atoms with E-state index in [1.54, 1.807) is 24.3 Å². The van der Waals surface area contributed by atoms with Crippen LogP contribution in [-0.2, 0) is 19.1 Å². The molecule has 0 bridgehead atoms. The van der Waals surface area contributed by atoms with Gasteiger partial charge in [-0.25, -0.2) is 4.79 Å². The molecule has 0 saturated carbocycles. The second-order valence-corrected chi connectivity index (χ2v) is 5.95. The van der Waals surface area contributed by atoms with Gasteiger partial charge in [0.2, 0.25) is 11.8 Å². The molecular formula is C18H25N3O5. The Morgan fingerprint density at radius 3 is 2.42 bits per heavy atom. The van der Waals surface area contributed by atoms with E-state index in [2.05, 4.69) is 15.0 Å². The number of nitrogens with one attached hydrogen (secondary N) is 1. The van der Waals surface area contributed by atoms with Crippen LogP contribution in [0.3, 0.4) is 0 Å². The predicted molar refractivity (Wildman–Crippen MR) is 96.1 cm³/mol. The van der Waals surface area contributed by atoms with Crippen molar-refractivity contribution in [3.8, 4) is 0 Å². The number of morpholine rings is 1. The maximum Gasteiger partial charge on any atom is 0.337 e. The maximum atomic E-state index is 12.2. The van der Waals surface area contributed by atoms with Crippen LogP contribution in [0.4, 0.5) is 5.69 Å². The number of carbonyl (C=O) groups is 3. The van der Waals surface area contributed by atoms with Crippen molar-refractivity contribution in [1.29, 1.82) is 0 Å². The monoisotopic (exact) mass is 363 g/mol. The molecule has 1 heterocycles. The van der Waals surface area contributed by atoms with E-state index in [0.29, 0.717) is 31.0 Å². The highest BCUT2D eigenvalue weighted by Gasteiger charge is 2.17. The molecule has 8 nitrogen and oxygen atoms in total. The maximum absolute atomic E-state index is 12.2. The van der Waals surface area contributed by atoms with Gasteiger partial charge in [-0.2, -0.15) is 0 Å². The van der Waals surface area contributed by atoms with Crippen LogP contribution < -0.4 is 10.2 Å². The molecule has 0 unspecified atom stereocenters. The van der Waals surface area contributed by atoms with Gasteiger partial charge in [0.1, 0.15) is 6.54 Å². The third kappa shape index (κ3) is 5.82. The van der Waals surface area contributed by atoms with Gasteiger partial charge in [-0.15, -0.1) is 0 Å². The van der Waals surface area contributed by atoms with Crippen molar-refractivity contribution in [2.24, 2.45) is 0 Å². The number of methoxy groups -OCH3 is 1. The molecule has 1 aliphatic rings. The number of hydrogen-bond acceptors (Lipinski definition) is 6. The molecule has 1 aliphatic heterocycles. The quantitative estimate of drug-likeness (QED) is 0.700. The van der Waals surface area contributed by atoms with Crippen molar-refractivity contribution in [3.63, 3.8) is 0 Å². The second-order valence-electron chi connectivity index (χ2n) is 5.95. The number of esters is 1. The number of carbonyl (C=O) groups excluding carboxylic acids is 3. The molecule has 8 heteroatoms. The van der Waals surface area contributed by atoms with Gasteiger partial charge >= 0.3 is 5.97 Å². The van der Waals surface area contributed by atoms with Gasteiger partial charge in [0.05, 0.1) is 25.9 Å². The Hall–Kier alpha value is -2.45. The summed E-state index contributed by atoms with van der Waals surface area (Å²) in [6, 6.07) is 6.37. The van der Waals surface area contributed by atoms with Gasteiger partial charge in [-0.1, -0.05) is 0 Å². The molecule has 1 aromatic carbocycles. The normalized spacial score (nSPS) is 14.5. The van der Waals surface area contributed by atoms with E-state index >= 15 is 0 Å². The summed E-state index contributed by atoms with van der Waals surface area (Å²) in [7, 11) is 1.30. The lowest BCUT2D eigenvalue weighted by molar-refractivity contribution is -0.123. The average molecular weight is 363 g/mol.